The summed E-state index contributed by atoms with van der Waals surface area (Å²) in [5.41, 5.74) is 0.504. The Morgan fingerprint density at radius 3 is 2.75 bits per heavy atom. The lowest BCUT2D eigenvalue weighted by Gasteiger charge is -2.20. The number of carbonyl (C=O) groups is 1. The quantitative estimate of drug-likeness (QED) is 0.719. The van der Waals surface area contributed by atoms with E-state index in [1.54, 1.807) is 0 Å². The molecule has 5 heteroatoms. The molecule has 0 aliphatic carbocycles. The third-order valence-electron chi connectivity index (χ3n) is 3.35. The van der Waals surface area contributed by atoms with Gasteiger partial charge < -0.3 is 15.3 Å². The lowest BCUT2D eigenvalue weighted by atomic mass is 10.1. The fourth-order valence-corrected chi connectivity index (χ4v) is 1.78. The van der Waals surface area contributed by atoms with Gasteiger partial charge in [0.2, 0.25) is 0 Å². The summed E-state index contributed by atoms with van der Waals surface area (Å²) < 4.78 is 13.5. The van der Waals surface area contributed by atoms with Crippen LogP contribution in [0, 0.1) is 5.82 Å². The second-order valence-corrected chi connectivity index (χ2v) is 5.22. The van der Waals surface area contributed by atoms with E-state index in [2.05, 4.69) is 31.1 Å². The first-order chi connectivity index (χ1) is 9.41. The van der Waals surface area contributed by atoms with E-state index < -0.39 is 5.97 Å². The van der Waals surface area contributed by atoms with Crippen molar-refractivity contribution in [2.75, 3.05) is 20.1 Å². The highest BCUT2D eigenvalue weighted by atomic mass is 19.1. The molecule has 0 aliphatic heterocycles. The van der Waals surface area contributed by atoms with Crippen LogP contribution in [0.1, 0.15) is 36.2 Å². The number of hydrogen-bond donors (Lipinski definition) is 2. The number of hydrogen-bond acceptors (Lipinski definition) is 3. The molecule has 0 aliphatic rings. The smallest absolute Gasteiger partial charge is 0.335 e. The maximum Gasteiger partial charge on any atom is 0.335 e. The number of nitrogens with one attached hydrogen (secondary N) is 1. The zero-order valence-corrected chi connectivity index (χ0v) is 12.3. The zero-order valence-electron chi connectivity index (χ0n) is 12.3. The zero-order chi connectivity index (χ0) is 15.1. The minimum absolute atomic E-state index is 0.114. The summed E-state index contributed by atoms with van der Waals surface area (Å²) in [6.07, 6.45) is 0.967. The van der Waals surface area contributed by atoms with Gasteiger partial charge in [-0.3, -0.25) is 0 Å². The Balaban J connectivity index is 2.38. The summed E-state index contributed by atoms with van der Waals surface area (Å²) in [6, 6.07) is 4.37. The minimum atomic E-state index is -1.04. The van der Waals surface area contributed by atoms with E-state index in [1.165, 1.54) is 18.2 Å². The van der Waals surface area contributed by atoms with Crippen LogP contribution in [0.3, 0.4) is 0 Å². The summed E-state index contributed by atoms with van der Waals surface area (Å²) in [5, 5.41) is 12.0. The fourth-order valence-electron chi connectivity index (χ4n) is 1.78. The number of halogens is 1. The fraction of sp³-hybridized carbons (Fsp3) is 0.533. The highest BCUT2D eigenvalue weighted by molar-refractivity contribution is 5.87. The summed E-state index contributed by atoms with van der Waals surface area (Å²) in [4.78, 5) is 13.1. The van der Waals surface area contributed by atoms with Crippen molar-refractivity contribution in [2.45, 2.75) is 32.9 Å². The van der Waals surface area contributed by atoms with E-state index in [0.717, 1.165) is 19.5 Å². The van der Waals surface area contributed by atoms with Gasteiger partial charge in [-0.05, 0) is 58.6 Å². The van der Waals surface area contributed by atoms with E-state index in [4.69, 9.17) is 5.11 Å². The molecule has 0 atom stereocenters. The molecule has 1 aromatic rings. The normalized spacial score (nSPS) is 11.3. The summed E-state index contributed by atoms with van der Waals surface area (Å²) in [7, 11) is 2.07. The Morgan fingerprint density at radius 1 is 1.45 bits per heavy atom. The van der Waals surface area contributed by atoms with Crippen molar-refractivity contribution in [1.29, 1.82) is 0 Å². The molecule has 1 aromatic carbocycles. The van der Waals surface area contributed by atoms with Gasteiger partial charge in [0.1, 0.15) is 5.82 Å². The average molecular weight is 282 g/mol. The Morgan fingerprint density at radius 2 is 2.15 bits per heavy atom. The van der Waals surface area contributed by atoms with Gasteiger partial charge >= 0.3 is 5.97 Å². The monoisotopic (exact) mass is 282 g/mol. The van der Waals surface area contributed by atoms with Crippen LogP contribution in [0.4, 0.5) is 4.39 Å². The van der Waals surface area contributed by atoms with Gasteiger partial charge in [0.05, 0.1) is 5.56 Å². The number of carboxylic acids is 1. The van der Waals surface area contributed by atoms with Gasteiger partial charge in [-0.1, -0.05) is 0 Å². The molecule has 0 spiro atoms. The SMILES string of the molecule is CC(C)N(C)CCCNCc1cc(C(=O)O)ccc1F. The van der Waals surface area contributed by atoms with Crippen LogP contribution in [0.5, 0.6) is 0 Å². The molecule has 20 heavy (non-hydrogen) atoms. The second kappa shape index (κ2) is 7.97. The first-order valence-electron chi connectivity index (χ1n) is 6.84. The van der Waals surface area contributed by atoms with E-state index in [-0.39, 0.29) is 11.4 Å². The molecule has 0 heterocycles. The van der Waals surface area contributed by atoms with Crippen molar-refractivity contribution in [1.82, 2.24) is 10.2 Å². The standard InChI is InChI=1S/C15H23FN2O2/c1-11(2)18(3)8-4-7-17-10-13-9-12(15(19)20)5-6-14(13)16/h5-6,9,11,17H,4,7-8,10H2,1-3H3,(H,19,20). The molecule has 0 saturated carbocycles. The van der Waals surface area contributed by atoms with Gasteiger partial charge in [0, 0.05) is 18.2 Å². The molecule has 1 rings (SSSR count). The topological polar surface area (TPSA) is 52.6 Å². The minimum Gasteiger partial charge on any atom is -0.478 e. The number of aromatic carboxylic acids is 1. The van der Waals surface area contributed by atoms with Crippen LogP contribution < -0.4 is 5.32 Å². The molecule has 4 nitrogen and oxygen atoms in total. The van der Waals surface area contributed by atoms with Gasteiger partial charge in [-0.25, -0.2) is 9.18 Å². The van der Waals surface area contributed by atoms with Crippen molar-refractivity contribution in [3.05, 3.63) is 35.1 Å². The number of benzene rings is 1. The van der Waals surface area contributed by atoms with E-state index >= 15 is 0 Å². The number of rotatable bonds is 8. The highest BCUT2D eigenvalue weighted by Crippen LogP contribution is 2.10. The van der Waals surface area contributed by atoms with Crippen LogP contribution in [-0.4, -0.2) is 42.2 Å². The van der Waals surface area contributed by atoms with Crippen molar-refractivity contribution in [3.8, 4) is 0 Å². The van der Waals surface area contributed by atoms with Crippen molar-refractivity contribution >= 4 is 5.97 Å². The molecule has 0 radical (unpaired) electrons. The van der Waals surface area contributed by atoms with Crippen LogP contribution in [-0.2, 0) is 6.54 Å². The molecule has 112 valence electrons. The van der Waals surface area contributed by atoms with Crippen LogP contribution in [0.2, 0.25) is 0 Å². The van der Waals surface area contributed by atoms with Crippen LogP contribution >= 0.6 is 0 Å². The van der Waals surface area contributed by atoms with E-state index in [1.807, 2.05) is 0 Å². The summed E-state index contributed by atoms with van der Waals surface area (Å²) in [5.74, 6) is -1.41. The molecule has 0 fully saturated rings. The van der Waals surface area contributed by atoms with Crippen LogP contribution in [0.25, 0.3) is 0 Å². The summed E-state index contributed by atoms with van der Waals surface area (Å²) >= 11 is 0. The molecule has 0 saturated heterocycles. The molecular weight excluding hydrogens is 259 g/mol. The maximum atomic E-state index is 13.5. The average Bonchev–Trinajstić information content (AvgIpc) is 2.39. The largest absolute Gasteiger partial charge is 0.478 e. The second-order valence-electron chi connectivity index (χ2n) is 5.22. The van der Waals surface area contributed by atoms with Gasteiger partial charge in [-0.15, -0.1) is 0 Å². The van der Waals surface area contributed by atoms with E-state index in [9.17, 15) is 9.18 Å². The van der Waals surface area contributed by atoms with Crippen molar-refractivity contribution < 1.29 is 14.3 Å². The Labute approximate surface area is 119 Å². The lowest BCUT2D eigenvalue weighted by molar-refractivity contribution is 0.0696. The molecule has 0 amide bonds. The molecular formula is C15H23FN2O2. The predicted molar refractivity (Wildman–Crippen MR) is 77.4 cm³/mol. The van der Waals surface area contributed by atoms with Crippen molar-refractivity contribution in [2.24, 2.45) is 0 Å². The third kappa shape index (κ3) is 5.27. The van der Waals surface area contributed by atoms with Gasteiger partial charge in [0.25, 0.3) is 0 Å². The van der Waals surface area contributed by atoms with Crippen LogP contribution in [0.15, 0.2) is 18.2 Å². The Hall–Kier alpha value is -1.46. The predicted octanol–water partition coefficient (Wildman–Crippen LogP) is 2.34. The summed E-state index contributed by atoms with van der Waals surface area (Å²) in [6.45, 7) is 6.37. The van der Waals surface area contributed by atoms with Gasteiger partial charge in [0.15, 0.2) is 0 Å². The molecule has 0 bridgehead atoms. The molecule has 0 unspecified atom stereocenters. The lowest BCUT2D eigenvalue weighted by Crippen LogP contribution is -2.29. The van der Waals surface area contributed by atoms with E-state index in [0.29, 0.717) is 18.2 Å². The number of nitrogens with zero attached hydrogens (tertiary/aromatic N) is 1. The molecule has 2 N–H and O–H groups in total. The highest BCUT2D eigenvalue weighted by Gasteiger charge is 2.08. The first kappa shape index (κ1) is 16.6. The van der Waals surface area contributed by atoms with Gasteiger partial charge in [-0.2, -0.15) is 0 Å². The maximum absolute atomic E-state index is 13.5. The molecule has 0 aromatic heterocycles. The first-order valence-corrected chi connectivity index (χ1v) is 6.84. The number of carboxylic acid groups (broad SMARTS) is 1. The Kier molecular flexibility index (Phi) is 6.61. The van der Waals surface area contributed by atoms with Crippen molar-refractivity contribution in [3.63, 3.8) is 0 Å². The third-order valence-corrected chi connectivity index (χ3v) is 3.35. The Bertz CT molecular complexity index is 449.